The quantitative estimate of drug-likeness (QED) is 0.796. The average Bonchev–Trinajstić information content (AvgIpc) is 3.53. The van der Waals surface area contributed by atoms with Gasteiger partial charge in [-0.05, 0) is 73.6 Å². The first-order valence-electron chi connectivity index (χ1n) is 10.0. The van der Waals surface area contributed by atoms with Gasteiger partial charge in [0.15, 0.2) is 0 Å². The van der Waals surface area contributed by atoms with Gasteiger partial charge in [-0.25, -0.2) is 0 Å². The van der Waals surface area contributed by atoms with E-state index in [-0.39, 0.29) is 11.8 Å². The maximum Gasteiger partial charge on any atom is 0.255 e. The van der Waals surface area contributed by atoms with Crippen molar-refractivity contribution >= 4 is 17.5 Å². The van der Waals surface area contributed by atoms with Crippen LogP contribution in [0.15, 0.2) is 48.5 Å². The van der Waals surface area contributed by atoms with Crippen molar-refractivity contribution < 1.29 is 9.59 Å². The number of rotatable bonds is 5. The van der Waals surface area contributed by atoms with Crippen LogP contribution in [0.5, 0.6) is 0 Å². The van der Waals surface area contributed by atoms with Gasteiger partial charge in [0.05, 0.1) is 0 Å². The van der Waals surface area contributed by atoms with Crippen molar-refractivity contribution in [2.24, 2.45) is 0 Å². The fourth-order valence-electron chi connectivity index (χ4n) is 3.75. The van der Waals surface area contributed by atoms with Crippen molar-refractivity contribution in [1.29, 1.82) is 0 Å². The smallest absolute Gasteiger partial charge is 0.255 e. The number of amides is 2. The predicted octanol–water partition coefficient (Wildman–Crippen LogP) is 4.88. The molecule has 2 amide bonds. The van der Waals surface area contributed by atoms with E-state index in [1.165, 1.54) is 37.7 Å². The second-order valence-electron chi connectivity index (χ2n) is 7.74. The van der Waals surface area contributed by atoms with Gasteiger partial charge >= 0.3 is 0 Å². The molecule has 0 heterocycles. The average molecular weight is 362 g/mol. The zero-order valence-electron chi connectivity index (χ0n) is 15.5. The molecular weight excluding hydrogens is 336 g/mol. The number of anilines is 1. The lowest BCUT2D eigenvalue weighted by molar-refractivity contribution is 0.0950. The monoisotopic (exact) mass is 362 g/mol. The molecule has 2 aromatic rings. The Morgan fingerprint density at radius 1 is 0.704 bits per heavy atom. The number of hydrogen-bond acceptors (Lipinski definition) is 2. The first-order valence-corrected chi connectivity index (χ1v) is 10.0. The lowest BCUT2D eigenvalue weighted by Crippen LogP contribution is -2.25. The molecular formula is C23H26N2O2. The van der Waals surface area contributed by atoms with Crippen molar-refractivity contribution in [2.45, 2.75) is 56.9 Å². The number of carbonyl (C=O) groups is 2. The van der Waals surface area contributed by atoms with E-state index in [9.17, 15) is 9.59 Å². The Kier molecular flexibility index (Phi) is 5.23. The van der Waals surface area contributed by atoms with Gasteiger partial charge in [0, 0.05) is 22.9 Å². The summed E-state index contributed by atoms with van der Waals surface area (Å²) in [5.41, 5.74) is 3.32. The fourth-order valence-corrected chi connectivity index (χ4v) is 3.75. The number of benzene rings is 2. The van der Waals surface area contributed by atoms with E-state index in [4.69, 9.17) is 0 Å². The van der Waals surface area contributed by atoms with Crippen LogP contribution in [0.1, 0.15) is 77.1 Å². The summed E-state index contributed by atoms with van der Waals surface area (Å²) in [5, 5.41) is 5.87. The predicted molar refractivity (Wildman–Crippen MR) is 107 cm³/mol. The zero-order valence-corrected chi connectivity index (χ0v) is 15.5. The molecule has 4 heteroatoms. The van der Waals surface area contributed by atoms with Crippen LogP contribution in [0.3, 0.4) is 0 Å². The van der Waals surface area contributed by atoms with Crippen molar-refractivity contribution in [3.63, 3.8) is 0 Å². The minimum Gasteiger partial charge on any atom is -0.349 e. The van der Waals surface area contributed by atoms with E-state index in [0.717, 1.165) is 12.8 Å². The fraction of sp³-hybridized carbons (Fsp3) is 0.391. The summed E-state index contributed by atoms with van der Waals surface area (Å²) in [6.07, 6.45) is 8.61. The first-order chi connectivity index (χ1) is 13.2. The molecule has 2 fully saturated rings. The summed E-state index contributed by atoms with van der Waals surface area (Å²) in [5.74, 6) is 0.472. The summed E-state index contributed by atoms with van der Waals surface area (Å²) in [7, 11) is 0. The molecule has 2 aromatic carbocycles. The summed E-state index contributed by atoms with van der Waals surface area (Å²) in [6.45, 7) is 0. The molecule has 0 radical (unpaired) electrons. The Morgan fingerprint density at radius 3 is 1.93 bits per heavy atom. The maximum atomic E-state index is 12.5. The molecule has 0 atom stereocenters. The third-order valence-corrected chi connectivity index (χ3v) is 5.57. The third kappa shape index (κ3) is 4.57. The molecule has 2 aliphatic carbocycles. The highest BCUT2D eigenvalue weighted by Gasteiger charge is 2.23. The molecule has 27 heavy (non-hydrogen) atoms. The largest absolute Gasteiger partial charge is 0.349 e. The molecule has 0 bridgehead atoms. The number of nitrogens with one attached hydrogen (secondary N) is 2. The Balaban J connectivity index is 1.35. The van der Waals surface area contributed by atoms with Crippen LogP contribution in [-0.4, -0.2) is 17.9 Å². The standard InChI is InChI=1S/C23H26N2O2/c26-22(18-8-6-17(7-9-18)16-4-2-1-3-5-16)24-20-12-10-19(11-13-20)23(27)25-21-14-15-21/h6-13,16,21H,1-5,14-15H2,(H,24,26)(H,25,27). The van der Waals surface area contributed by atoms with Gasteiger partial charge in [-0.1, -0.05) is 31.4 Å². The molecule has 0 saturated heterocycles. The van der Waals surface area contributed by atoms with Crippen LogP contribution >= 0.6 is 0 Å². The van der Waals surface area contributed by atoms with Gasteiger partial charge in [0.1, 0.15) is 0 Å². The number of hydrogen-bond donors (Lipinski definition) is 2. The van der Waals surface area contributed by atoms with E-state index >= 15 is 0 Å². The van der Waals surface area contributed by atoms with Crippen LogP contribution in [0.2, 0.25) is 0 Å². The molecule has 0 unspecified atom stereocenters. The Bertz CT molecular complexity index is 801. The van der Waals surface area contributed by atoms with Gasteiger partial charge in [0.2, 0.25) is 0 Å². The van der Waals surface area contributed by atoms with Gasteiger partial charge in [-0.3, -0.25) is 9.59 Å². The minimum atomic E-state index is -0.125. The molecule has 140 valence electrons. The Hall–Kier alpha value is -2.62. The van der Waals surface area contributed by atoms with Crippen LogP contribution in [0, 0.1) is 0 Å². The molecule has 0 aliphatic heterocycles. The summed E-state index contributed by atoms with van der Waals surface area (Å²) in [6, 6.07) is 15.4. The van der Waals surface area contributed by atoms with E-state index in [1.54, 1.807) is 24.3 Å². The topological polar surface area (TPSA) is 58.2 Å². The first kappa shape index (κ1) is 17.8. The lowest BCUT2D eigenvalue weighted by Gasteiger charge is -2.22. The lowest BCUT2D eigenvalue weighted by atomic mass is 9.84. The van der Waals surface area contributed by atoms with E-state index < -0.39 is 0 Å². The molecule has 2 saturated carbocycles. The van der Waals surface area contributed by atoms with Gasteiger partial charge in [-0.2, -0.15) is 0 Å². The highest BCUT2D eigenvalue weighted by molar-refractivity contribution is 6.04. The maximum absolute atomic E-state index is 12.5. The summed E-state index contributed by atoms with van der Waals surface area (Å²) in [4.78, 5) is 24.5. The number of carbonyl (C=O) groups excluding carboxylic acids is 2. The second kappa shape index (κ2) is 7.95. The highest BCUT2D eigenvalue weighted by Crippen LogP contribution is 2.32. The SMILES string of the molecule is O=C(Nc1ccc(C(=O)NC2CC2)cc1)c1ccc(C2CCCCC2)cc1. The van der Waals surface area contributed by atoms with E-state index in [0.29, 0.717) is 28.8 Å². The molecule has 4 nitrogen and oxygen atoms in total. The Labute approximate surface area is 160 Å². The van der Waals surface area contributed by atoms with Crippen molar-refractivity contribution in [1.82, 2.24) is 5.32 Å². The van der Waals surface area contributed by atoms with Gasteiger partial charge in [0.25, 0.3) is 11.8 Å². The van der Waals surface area contributed by atoms with E-state index in [2.05, 4.69) is 22.8 Å². The summed E-state index contributed by atoms with van der Waals surface area (Å²) >= 11 is 0. The van der Waals surface area contributed by atoms with E-state index in [1.807, 2.05) is 12.1 Å². The normalized spacial score (nSPS) is 17.3. The summed E-state index contributed by atoms with van der Waals surface area (Å²) < 4.78 is 0. The molecule has 2 N–H and O–H groups in total. The van der Waals surface area contributed by atoms with Crippen molar-refractivity contribution in [3.05, 3.63) is 65.2 Å². The molecule has 4 rings (SSSR count). The van der Waals surface area contributed by atoms with Crippen LogP contribution in [0.4, 0.5) is 5.69 Å². The van der Waals surface area contributed by atoms with Gasteiger partial charge in [-0.15, -0.1) is 0 Å². The molecule has 2 aliphatic rings. The van der Waals surface area contributed by atoms with Crippen LogP contribution < -0.4 is 10.6 Å². The van der Waals surface area contributed by atoms with Crippen LogP contribution in [0.25, 0.3) is 0 Å². The third-order valence-electron chi connectivity index (χ3n) is 5.57. The molecule has 0 spiro atoms. The highest BCUT2D eigenvalue weighted by atomic mass is 16.2. The van der Waals surface area contributed by atoms with Crippen molar-refractivity contribution in [2.75, 3.05) is 5.32 Å². The minimum absolute atomic E-state index is 0.0475. The zero-order chi connectivity index (χ0) is 18.6. The van der Waals surface area contributed by atoms with Crippen molar-refractivity contribution in [3.8, 4) is 0 Å². The Morgan fingerprint density at radius 2 is 1.30 bits per heavy atom. The molecule has 0 aromatic heterocycles. The van der Waals surface area contributed by atoms with Crippen LogP contribution in [-0.2, 0) is 0 Å². The second-order valence-corrected chi connectivity index (χ2v) is 7.74. The van der Waals surface area contributed by atoms with Gasteiger partial charge < -0.3 is 10.6 Å².